The molecule has 3 nitrogen and oxygen atoms in total. The van der Waals surface area contributed by atoms with Gasteiger partial charge in [-0.3, -0.25) is 4.79 Å². The molecule has 1 fully saturated rings. The highest BCUT2D eigenvalue weighted by Crippen LogP contribution is 2.27. The molecular formula is C13H22N2O. The van der Waals surface area contributed by atoms with Crippen LogP contribution in [0.3, 0.4) is 0 Å². The first kappa shape index (κ1) is 13.0. The molecule has 1 aliphatic rings. The van der Waals surface area contributed by atoms with Crippen LogP contribution in [0.25, 0.3) is 0 Å². The standard InChI is InChI=1S/C13H22N2O/c1-10(9-14)11-5-7-15(8-6-11)12(16)13(2,3)4/h10-11H,5-8H2,1-4H3. The van der Waals surface area contributed by atoms with Gasteiger partial charge in [0.25, 0.3) is 0 Å². The van der Waals surface area contributed by atoms with Gasteiger partial charge in [-0.2, -0.15) is 5.26 Å². The first-order chi connectivity index (χ1) is 7.36. The molecule has 90 valence electrons. The third-order valence-corrected chi connectivity index (χ3v) is 3.38. The number of hydrogen-bond acceptors (Lipinski definition) is 2. The number of nitrogens with zero attached hydrogens (tertiary/aromatic N) is 2. The topological polar surface area (TPSA) is 44.1 Å². The molecule has 1 heterocycles. The van der Waals surface area contributed by atoms with Crippen molar-refractivity contribution in [3.8, 4) is 6.07 Å². The summed E-state index contributed by atoms with van der Waals surface area (Å²) >= 11 is 0. The van der Waals surface area contributed by atoms with Crippen molar-refractivity contribution in [3.05, 3.63) is 0 Å². The Morgan fingerprint density at radius 2 is 1.88 bits per heavy atom. The number of hydrogen-bond donors (Lipinski definition) is 0. The summed E-state index contributed by atoms with van der Waals surface area (Å²) in [6.07, 6.45) is 1.94. The largest absolute Gasteiger partial charge is 0.342 e. The highest BCUT2D eigenvalue weighted by atomic mass is 16.2. The van der Waals surface area contributed by atoms with Crippen LogP contribution in [0.15, 0.2) is 0 Å². The van der Waals surface area contributed by atoms with E-state index in [9.17, 15) is 4.79 Å². The summed E-state index contributed by atoms with van der Waals surface area (Å²) in [5, 5.41) is 8.86. The lowest BCUT2D eigenvalue weighted by molar-refractivity contribution is -0.141. The number of carbonyl (C=O) groups excluding carboxylic acids is 1. The second-order valence-corrected chi connectivity index (χ2v) is 5.80. The van der Waals surface area contributed by atoms with Crippen molar-refractivity contribution in [1.29, 1.82) is 5.26 Å². The van der Waals surface area contributed by atoms with Crippen molar-refractivity contribution >= 4 is 5.91 Å². The first-order valence-corrected chi connectivity index (χ1v) is 6.05. The van der Waals surface area contributed by atoms with Gasteiger partial charge < -0.3 is 4.90 Å². The van der Waals surface area contributed by atoms with Crippen LogP contribution in [0.4, 0.5) is 0 Å². The maximum atomic E-state index is 12.0. The molecule has 1 amide bonds. The molecule has 1 aliphatic heterocycles. The van der Waals surface area contributed by atoms with Crippen LogP contribution >= 0.6 is 0 Å². The second-order valence-electron chi connectivity index (χ2n) is 5.80. The van der Waals surface area contributed by atoms with Gasteiger partial charge in [0.15, 0.2) is 0 Å². The lowest BCUT2D eigenvalue weighted by Gasteiger charge is -2.36. The molecule has 0 N–H and O–H groups in total. The van der Waals surface area contributed by atoms with E-state index in [2.05, 4.69) is 6.07 Å². The maximum absolute atomic E-state index is 12.0. The van der Waals surface area contributed by atoms with Crippen molar-refractivity contribution in [2.45, 2.75) is 40.5 Å². The summed E-state index contributed by atoms with van der Waals surface area (Å²) < 4.78 is 0. The van der Waals surface area contributed by atoms with Crippen LogP contribution in [0.5, 0.6) is 0 Å². The molecule has 0 aromatic heterocycles. The number of likely N-dealkylation sites (tertiary alicyclic amines) is 1. The predicted molar refractivity (Wildman–Crippen MR) is 63.5 cm³/mol. The minimum atomic E-state index is -0.284. The molecule has 1 atom stereocenters. The first-order valence-electron chi connectivity index (χ1n) is 6.05. The third kappa shape index (κ3) is 2.98. The van der Waals surface area contributed by atoms with Gasteiger partial charge in [-0.15, -0.1) is 0 Å². The minimum absolute atomic E-state index is 0.117. The Balaban J connectivity index is 2.50. The summed E-state index contributed by atoms with van der Waals surface area (Å²) in [5.74, 6) is 0.816. The molecule has 1 unspecified atom stereocenters. The van der Waals surface area contributed by atoms with E-state index in [1.807, 2.05) is 32.6 Å². The lowest BCUT2D eigenvalue weighted by atomic mass is 9.85. The van der Waals surface area contributed by atoms with Gasteiger partial charge in [0.05, 0.1) is 6.07 Å². The number of piperidine rings is 1. The van der Waals surface area contributed by atoms with E-state index in [0.29, 0.717) is 5.92 Å². The lowest BCUT2D eigenvalue weighted by Crippen LogP contribution is -2.44. The number of rotatable bonds is 1. The summed E-state index contributed by atoms with van der Waals surface area (Å²) in [7, 11) is 0. The summed E-state index contributed by atoms with van der Waals surface area (Å²) in [6, 6.07) is 2.31. The van der Waals surface area contributed by atoms with E-state index in [1.54, 1.807) is 0 Å². The molecule has 0 spiro atoms. The van der Waals surface area contributed by atoms with Gasteiger partial charge in [0, 0.05) is 24.4 Å². The Morgan fingerprint density at radius 3 is 2.25 bits per heavy atom. The zero-order chi connectivity index (χ0) is 12.3. The predicted octanol–water partition coefficient (Wildman–Crippen LogP) is 2.43. The van der Waals surface area contributed by atoms with Crippen LogP contribution in [-0.4, -0.2) is 23.9 Å². The Kier molecular flexibility index (Phi) is 3.96. The fourth-order valence-electron chi connectivity index (χ4n) is 2.18. The number of carbonyl (C=O) groups is 1. The van der Waals surface area contributed by atoms with Crippen LogP contribution in [0.2, 0.25) is 0 Å². The highest BCUT2D eigenvalue weighted by molar-refractivity contribution is 5.81. The Morgan fingerprint density at radius 1 is 1.38 bits per heavy atom. The summed E-state index contributed by atoms with van der Waals surface area (Å²) in [4.78, 5) is 14.0. The molecule has 0 aliphatic carbocycles. The van der Waals surface area contributed by atoms with E-state index in [4.69, 9.17) is 5.26 Å². The molecule has 0 aromatic rings. The van der Waals surface area contributed by atoms with Gasteiger partial charge in [-0.05, 0) is 25.7 Å². The molecule has 0 bridgehead atoms. The van der Waals surface area contributed by atoms with Crippen molar-refractivity contribution in [2.75, 3.05) is 13.1 Å². The summed E-state index contributed by atoms with van der Waals surface area (Å²) in [5.41, 5.74) is -0.284. The van der Waals surface area contributed by atoms with E-state index >= 15 is 0 Å². The Labute approximate surface area is 98.4 Å². The zero-order valence-corrected chi connectivity index (χ0v) is 10.8. The van der Waals surface area contributed by atoms with E-state index in [-0.39, 0.29) is 17.2 Å². The second kappa shape index (κ2) is 4.86. The SMILES string of the molecule is CC(C#N)C1CCN(C(=O)C(C)(C)C)CC1. The third-order valence-electron chi connectivity index (χ3n) is 3.38. The van der Waals surface area contributed by atoms with Crippen LogP contribution in [0.1, 0.15) is 40.5 Å². The molecule has 3 heteroatoms. The van der Waals surface area contributed by atoms with Gasteiger partial charge in [0.2, 0.25) is 5.91 Å². The minimum Gasteiger partial charge on any atom is -0.342 e. The van der Waals surface area contributed by atoms with Crippen molar-refractivity contribution in [1.82, 2.24) is 4.90 Å². The van der Waals surface area contributed by atoms with E-state index in [1.165, 1.54) is 0 Å². The average Bonchev–Trinajstić information content (AvgIpc) is 2.26. The van der Waals surface area contributed by atoms with Crippen molar-refractivity contribution in [2.24, 2.45) is 17.3 Å². The fraction of sp³-hybridized carbons (Fsp3) is 0.846. The van der Waals surface area contributed by atoms with E-state index in [0.717, 1.165) is 25.9 Å². The molecular weight excluding hydrogens is 200 g/mol. The molecule has 16 heavy (non-hydrogen) atoms. The summed E-state index contributed by atoms with van der Waals surface area (Å²) in [6.45, 7) is 9.48. The zero-order valence-electron chi connectivity index (χ0n) is 10.8. The van der Waals surface area contributed by atoms with Gasteiger partial charge >= 0.3 is 0 Å². The maximum Gasteiger partial charge on any atom is 0.227 e. The highest BCUT2D eigenvalue weighted by Gasteiger charge is 2.31. The van der Waals surface area contributed by atoms with Crippen molar-refractivity contribution < 1.29 is 4.79 Å². The van der Waals surface area contributed by atoms with Gasteiger partial charge in [0.1, 0.15) is 0 Å². The fourth-order valence-corrected chi connectivity index (χ4v) is 2.18. The number of amides is 1. The van der Waals surface area contributed by atoms with Crippen LogP contribution < -0.4 is 0 Å². The molecule has 0 radical (unpaired) electrons. The normalized spacial score (nSPS) is 20.3. The molecule has 0 saturated carbocycles. The number of nitriles is 1. The monoisotopic (exact) mass is 222 g/mol. The quantitative estimate of drug-likeness (QED) is 0.684. The van der Waals surface area contributed by atoms with Gasteiger partial charge in [-0.25, -0.2) is 0 Å². The van der Waals surface area contributed by atoms with Crippen LogP contribution in [0, 0.1) is 28.6 Å². The van der Waals surface area contributed by atoms with Crippen molar-refractivity contribution in [3.63, 3.8) is 0 Å². The molecule has 0 aromatic carbocycles. The van der Waals surface area contributed by atoms with Gasteiger partial charge in [-0.1, -0.05) is 20.8 Å². The smallest absolute Gasteiger partial charge is 0.227 e. The van der Waals surface area contributed by atoms with E-state index < -0.39 is 0 Å². The Bertz CT molecular complexity index is 290. The molecule has 1 rings (SSSR count). The molecule has 1 saturated heterocycles. The average molecular weight is 222 g/mol. The Hall–Kier alpha value is -1.04. The van der Waals surface area contributed by atoms with Crippen LogP contribution in [-0.2, 0) is 4.79 Å².